The van der Waals surface area contributed by atoms with E-state index in [9.17, 15) is 4.79 Å². The number of fused-ring (bicyclic) bond motifs is 5. The quantitative estimate of drug-likeness (QED) is 0.742. The van der Waals surface area contributed by atoms with E-state index in [-0.39, 0.29) is 11.2 Å². The normalized spacial score (nSPS) is 28.9. The molecular formula is C24H26O2. The van der Waals surface area contributed by atoms with E-state index in [1.165, 1.54) is 16.7 Å². The van der Waals surface area contributed by atoms with Gasteiger partial charge in [-0.1, -0.05) is 49.4 Å². The Labute approximate surface area is 155 Å². The maximum Gasteiger partial charge on any atom is 0.166 e. The van der Waals surface area contributed by atoms with E-state index in [0.717, 1.165) is 25.0 Å². The summed E-state index contributed by atoms with van der Waals surface area (Å²) in [5.74, 6) is 1.47. The molecular weight excluding hydrogens is 320 g/mol. The van der Waals surface area contributed by atoms with Crippen LogP contribution in [0.5, 0.6) is 5.75 Å². The number of hydrogen-bond donors (Lipinski definition) is 0. The number of hydrogen-bond acceptors (Lipinski definition) is 2. The van der Waals surface area contributed by atoms with Crippen molar-refractivity contribution < 1.29 is 9.53 Å². The highest BCUT2D eigenvalue weighted by atomic mass is 16.5. The summed E-state index contributed by atoms with van der Waals surface area (Å²) < 4.78 is 5.27. The van der Waals surface area contributed by atoms with Crippen molar-refractivity contribution in [3.63, 3.8) is 0 Å². The molecule has 26 heavy (non-hydrogen) atoms. The van der Waals surface area contributed by atoms with E-state index >= 15 is 0 Å². The molecule has 0 fully saturated rings. The number of methoxy groups -OCH3 is 1. The third-order valence-electron chi connectivity index (χ3n) is 7.01. The number of benzene rings is 2. The van der Waals surface area contributed by atoms with Crippen LogP contribution in [0, 0.1) is 5.41 Å². The minimum Gasteiger partial charge on any atom is -0.497 e. The minimum atomic E-state index is -0.426. The zero-order chi connectivity index (χ0) is 18.4. The molecule has 2 heteroatoms. The van der Waals surface area contributed by atoms with Crippen LogP contribution in [0.2, 0.25) is 0 Å². The molecule has 3 unspecified atom stereocenters. The van der Waals surface area contributed by atoms with E-state index in [4.69, 9.17) is 4.74 Å². The lowest BCUT2D eigenvalue weighted by molar-refractivity contribution is -0.125. The fourth-order valence-corrected chi connectivity index (χ4v) is 5.43. The Kier molecular flexibility index (Phi) is 4.02. The average Bonchev–Trinajstić information content (AvgIpc) is 2.83. The van der Waals surface area contributed by atoms with E-state index in [1.807, 2.05) is 18.2 Å². The van der Waals surface area contributed by atoms with Gasteiger partial charge in [-0.25, -0.2) is 0 Å². The standard InChI is InChI=1S/C24H26O2/c1-4-24(16-15-17-9-11-18(26-3)12-10-17)21-13-14-22(25)23(24,2)20-8-6-5-7-19(20)21/h5-14,21H,4,15-16H2,1-3H3. The molecule has 0 saturated carbocycles. The van der Waals surface area contributed by atoms with Crippen molar-refractivity contribution in [2.75, 3.05) is 7.11 Å². The first-order chi connectivity index (χ1) is 12.6. The molecule has 2 aliphatic carbocycles. The Hall–Kier alpha value is -2.35. The van der Waals surface area contributed by atoms with Gasteiger partial charge in [0.1, 0.15) is 5.75 Å². The van der Waals surface area contributed by atoms with Gasteiger partial charge in [0.2, 0.25) is 0 Å². The minimum absolute atomic E-state index is 0.0531. The van der Waals surface area contributed by atoms with Gasteiger partial charge < -0.3 is 4.74 Å². The van der Waals surface area contributed by atoms with Gasteiger partial charge in [0.15, 0.2) is 5.78 Å². The number of rotatable bonds is 5. The highest BCUT2D eigenvalue weighted by Gasteiger charge is 2.62. The van der Waals surface area contributed by atoms with Crippen LogP contribution in [0.1, 0.15) is 49.3 Å². The smallest absolute Gasteiger partial charge is 0.166 e. The molecule has 0 aromatic heterocycles. The molecule has 2 aliphatic rings. The van der Waals surface area contributed by atoms with Crippen molar-refractivity contribution in [3.05, 3.63) is 77.4 Å². The van der Waals surface area contributed by atoms with Crippen LogP contribution < -0.4 is 4.74 Å². The summed E-state index contributed by atoms with van der Waals surface area (Å²) in [7, 11) is 1.69. The molecule has 0 saturated heterocycles. The molecule has 3 atom stereocenters. The summed E-state index contributed by atoms with van der Waals surface area (Å²) in [6, 6.07) is 16.9. The molecule has 0 spiro atoms. The van der Waals surface area contributed by atoms with Gasteiger partial charge in [-0.2, -0.15) is 0 Å². The highest BCUT2D eigenvalue weighted by molar-refractivity contribution is 6.02. The Morgan fingerprint density at radius 3 is 2.50 bits per heavy atom. The second-order valence-electron chi connectivity index (χ2n) is 7.77. The molecule has 0 N–H and O–H groups in total. The molecule has 2 aromatic rings. The summed E-state index contributed by atoms with van der Waals surface area (Å²) in [6.07, 6.45) is 6.95. The number of carbonyl (C=O) groups excluding carboxylic acids is 1. The van der Waals surface area contributed by atoms with Crippen LogP contribution in [-0.2, 0) is 16.6 Å². The second-order valence-corrected chi connectivity index (χ2v) is 7.77. The third kappa shape index (κ3) is 2.14. The van der Waals surface area contributed by atoms with Crippen molar-refractivity contribution in [3.8, 4) is 5.75 Å². The van der Waals surface area contributed by atoms with Crippen LogP contribution in [0.3, 0.4) is 0 Å². The number of allylic oxidation sites excluding steroid dienone is 2. The molecule has 0 amide bonds. The highest BCUT2D eigenvalue weighted by Crippen LogP contribution is 2.65. The van der Waals surface area contributed by atoms with Crippen LogP contribution in [-0.4, -0.2) is 12.9 Å². The largest absolute Gasteiger partial charge is 0.497 e. The lowest BCUT2D eigenvalue weighted by Gasteiger charge is -2.47. The van der Waals surface area contributed by atoms with Crippen molar-refractivity contribution in [2.24, 2.45) is 5.41 Å². The fraction of sp³-hybridized carbons (Fsp3) is 0.375. The molecule has 0 radical (unpaired) electrons. The first-order valence-corrected chi connectivity index (χ1v) is 9.52. The summed E-state index contributed by atoms with van der Waals surface area (Å²) in [6.45, 7) is 4.42. The van der Waals surface area contributed by atoms with Gasteiger partial charge in [-0.15, -0.1) is 0 Å². The predicted molar refractivity (Wildman–Crippen MR) is 105 cm³/mol. The molecule has 4 rings (SSSR count). The van der Waals surface area contributed by atoms with E-state index in [2.05, 4.69) is 56.3 Å². The lowest BCUT2D eigenvalue weighted by Crippen LogP contribution is -2.49. The molecule has 2 nitrogen and oxygen atoms in total. The molecule has 134 valence electrons. The molecule has 2 bridgehead atoms. The Morgan fingerprint density at radius 2 is 1.81 bits per heavy atom. The van der Waals surface area contributed by atoms with Crippen molar-refractivity contribution in [2.45, 2.75) is 44.4 Å². The molecule has 0 heterocycles. The predicted octanol–water partition coefficient (Wildman–Crippen LogP) is 5.22. The molecule has 2 aromatic carbocycles. The van der Waals surface area contributed by atoms with E-state index in [1.54, 1.807) is 7.11 Å². The zero-order valence-electron chi connectivity index (χ0n) is 15.8. The van der Waals surface area contributed by atoms with Crippen molar-refractivity contribution >= 4 is 5.78 Å². The first-order valence-electron chi connectivity index (χ1n) is 9.52. The zero-order valence-corrected chi connectivity index (χ0v) is 15.8. The van der Waals surface area contributed by atoms with Gasteiger partial charge in [0.05, 0.1) is 12.5 Å². The second kappa shape index (κ2) is 6.12. The summed E-state index contributed by atoms with van der Waals surface area (Å²) >= 11 is 0. The maximum absolute atomic E-state index is 13.1. The molecule has 0 aliphatic heterocycles. The SMILES string of the molecule is CCC1(CCc2ccc(OC)cc2)C2C=CC(=O)C1(C)c1ccccc12. The summed E-state index contributed by atoms with van der Waals surface area (Å²) in [4.78, 5) is 13.1. The third-order valence-corrected chi connectivity index (χ3v) is 7.01. The van der Waals surface area contributed by atoms with Crippen molar-refractivity contribution in [1.82, 2.24) is 0 Å². The Morgan fingerprint density at radius 1 is 1.08 bits per heavy atom. The number of ketones is 1. The fourth-order valence-electron chi connectivity index (χ4n) is 5.43. The summed E-state index contributed by atoms with van der Waals surface area (Å²) in [5, 5.41) is 0. The van der Waals surface area contributed by atoms with Gasteiger partial charge >= 0.3 is 0 Å². The number of aryl methyl sites for hydroxylation is 1. The van der Waals surface area contributed by atoms with Crippen LogP contribution in [0.15, 0.2) is 60.7 Å². The van der Waals surface area contributed by atoms with Gasteiger partial charge in [-0.05, 0) is 66.5 Å². The van der Waals surface area contributed by atoms with Crippen molar-refractivity contribution in [1.29, 1.82) is 0 Å². The van der Waals surface area contributed by atoms with Gasteiger partial charge in [0, 0.05) is 5.92 Å². The van der Waals surface area contributed by atoms with E-state index in [0.29, 0.717) is 5.92 Å². The summed E-state index contributed by atoms with van der Waals surface area (Å²) in [5.41, 5.74) is 3.39. The average molecular weight is 346 g/mol. The number of ether oxygens (including phenoxy) is 1. The van der Waals surface area contributed by atoms with Crippen LogP contribution >= 0.6 is 0 Å². The Bertz CT molecular complexity index is 864. The van der Waals surface area contributed by atoms with Gasteiger partial charge in [0.25, 0.3) is 0 Å². The first kappa shape index (κ1) is 17.1. The number of carbonyl (C=O) groups is 1. The topological polar surface area (TPSA) is 26.3 Å². The lowest BCUT2D eigenvalue weighted by atomic mass is 9.54. The van der Waals surface area contributed by atoms with Crippen LogP contribution in [0.4, 0.5) is 0 Å². The van der Waals surface area contributed by atoms with Crippen LogP contribution in [0.25, 0.3) is 0 Å². The van der Waals surface area contributed by atoms with E-state index < -0.39 is 5.41 Å². The van der Waals surface area contributed by atoms with Gasteiger partial charge in [-0.3, -0.25) is 4.79 Å². The maximum atomic E-state index is 13.1. The Balaban J connectivity index is 1.73. The monoisotopic (exact) mass is 346 g/mol.